The van der Waals surface area contributed by atoms with E-state index in [4.69, 9.17) is 10.00 Å². The highest BCUT2D eigenvalue weighted by Gasteiger charge is 2.29. The Hall–Kier alpha value is -2.20. The van der Waals surface area contributed by atoms with Crippen LogP contribution in [0.1, 0.15) is 5.69 Å². The summed E-state index contributed by atoms with van der Waals surface area (Å²) in [4.78, 5) is 23.4. The Bertz CT molecular complexity index is 511. The predicted molar refractivity (Wildman–Crippen MR) is 67.4 cm³/mol. The van der Waals surface area contributed by atoms with Gasteiger partial charge in [0.15, 0.2) is 17.6 Å². The van der Waals surface area contributed by atoms with Crippen molar-refractivity contribution in [1.29, 1.82) is 5.26 Å². The Balaban J connectivity index is 2.18. The maximum Gasteiger partial charge on any atom is 0.253 e. The van der Waals surface area contributed by atoms with Crippen molar-refractivity contribution in [1.82, 2.24) is 14.9 Å². The van der Waals surface area contributed by atoms with Crippen molar-refractivity contribution in [2.24, 2.45) is 0 Å². The molecule has 19 heavy (non-hydrogen) atoms. The largest absolute Gasteiger partial charge is 0.365 e. The van der Waals surface area contributed by atoms with Crippen molar-refractivity contribution in [3.63, 3.8) is 0 Å². The van der Waals surface area contributed by atoms with E-state index in [0.29, 0.717) is 25.5 Å². The normalized spacial score (nSPS) is 18.8. The molecule has 0 N–H and O–H groups in total. The zero-order valence-corrected chi connectivity index (χ0v) is 10.9. The van der Waals surface area contributed by atoms with Gasteiger partial charge in [-0.15, -0.1) is 0 Å². The Kier molecular flexibility index (Phi) is 3.92. The highest BCUT2D eigenvalue weighted by molar-refractivity contribution is 5.81. The number of nitriles is 1. The second kappa shape index (κ2) is 5.63. The molecular formula is C12H15N5O2. The highest BCUT2D eigenvalue weighted by Crippen LogP contribution is 2.18. The van der Waals surface area contributed by atoms with Gasteiger partial charge in [-0.1, -0.05) is 0 Å². The second-order valence-corrected chi connectivity index (χ2v) is 4.38. The topological polar surface area (TPSA) is 82.4 Å². The molecule has 0 aromatic carbocycles. The SMILES string of the molecule is CN(C)C(=O)[C@H]1CN(c2nccnc2C#N)CCO1. The van der Waals surface area contributed by atoms with E-state index in [0.717, 1.165) is 0 Å². The monoisotopic (exact) mass is 261 g/mol. The average molecular weight is 261 g/mol. The molecule has 100 valence electrons. The van der Waals surface area contributed by atoms with Crippen LogP contribution >= 0.6 is 0 Å². The van der Waals surface area contributed by atoms with Gasteiger partial charge in [0.1, 0.15) is 6.07 Å². The fourth-order valence-corrected chi connectivity index (χ4v) is 1.92. The lowest BCUT2D eigenvalue weighted by Gasteiger charge is -2.34. The minimum absolute atomic E-state index is 0.0907. The summed E-state index contributed by atoms with van der Waals surface area (Å²) in [5.74, 6) is 0.414. The van der Waals surface area contributed by atoms with Crippen molar-refractivity contribution < 1.29 is 9.53 Å². The first-order valence-electron chi connectivity index (χ1n) is 5.92. The fraction of sp³-hybridized carbons (Fsp3) is 0.500. The lowest BCUT2D eigenvalue weighted by atomic mass is 10.2. The van der Waals surface area contributed by atoms with E-state index in [9.17, 15) is 4.79 Å². The van der Waals surface area contributed by atoms with E-state index in [1.807, 2.05) is 11.0 Å². The van der Waals surface area contributed by atoms with E-state index in [1.54, 1.807) is 14.1 Å². The summed E-state index contributed by atoms with van der Waals surface area (Å²) < 4.78 is 5.46. The number of amides is 1. The van der Waals surface area contributed by atoms with E-state index in [-0.39, 0.29) is 11.6 Å². The molecule has 0 spiro atoms. The van der Waals surface area contributed by atoms with Crippen LogP contribution in [0.15, 0.2) is 12.4 Å². The highest BCUT2D eigenvalue weighted by atomic mass is 16.5. The van der Waals surface area contributed by atoms with Crippen LogP contribution in [0.3, 0.4) is 0 Å². The number of hydrogen-bond donors (Lipinski definition) is 0. The summed E-state index contributed by atoms with van der Waals surface area (Å²) in [6, 6.07) is 2.01. The van der Waals surface area contributed by atoms with Gasteiger partial charge in [0.25, 0.3) is 5.91 Å². The third kappa shape index (κ3) is 2.80. The van der Waals surface area contributed by atoms with Gasteiger partial charge in [-0.2, -0.15) is 5.26 Å². The minimum atomic E-state index is -0.530. The number of anilines is 1. The molecule has 1 saturated heterocycles. The van der Waals surface area contributed by atoms with Crippen molar-refractivity contribution in [2.45, 2.75) is 6.10 Å². The van der Waals surface area contributed by atoms with Crippen molar-refractivity contribution in [3.8, 4) is 6.07 Å². The summed E-state index contributed by atoms with van der Waals surface area (Å²) in [5, 5.41) is 9.03. The third-order valence-corrected chi connectivity index (χ3v) is 2.87. The number of rotatable bonds is 2. The molecular weight excluding hydrogens is 246 g/mol. The van der Waals surface area contributed by atoms with Crippen LogP contribution in [-0.4, -0.2) is 60.7 Å². The molecule has 1 fully saturated rings. The molecule has 0 saturated carbocycles. The van der Waals surface area contributed by atoms with Crippen molar-refractivity contribution in [2.75, 3.05) is 38.7 Å². The number of morpholine rings is 1. The molecule has 2 rings (SSSR count). The molecule has 0 radical (unpaired) electrons. The summed E-state index contributed by atoms with van der Waals surface area (Å²) in [6.07, 6.45) is 2.48. The van der Waals surface area contributed by atoms with Gasteiger partial charge < -0.3 is 14.5 Å². The zero-order chi connectivity index (χ0) is 13.8. The molecule has 7 nitrogen and oxygen atoms in total. The van der Waals surface area contributed by atoms with Gasteiger partial charge in [0.05, 0.1) is 13.2 Å². The van der Waals surface area contributed by atoms with Gasteiger partial charge in [0, 0.05) is 33.0 Å². The van der Waals surface area contributed by atoms with Gasteiger partial charge in [-0.3, -0.25) is 4.79 Å². The third-order valence-electron chi connectivity index (χ3n) is 2.87. The first-order valence-corrected chi connectivity index (χ1v) is 5.92. The molecule has 1 atom stereocenters. The van der Waals surface area contributed by atoms with Gasteiger partial charge in [-0.25, -0.2) is 9.97 Å². The summed E-state index contributed by atoms with van der Waals surface area (Å²) in [7, 11) is 3.38. The lowest BCUT2D eigenvalue weighted by Crippen LogP contribution is -2.50. The standard InChI is InChI=1S/C12H15N5O2/c1-16(2)12(18)10-8-17(5-6-19-10)11-9(7-13)14-3-4-15-11/h3-4,10H,5-6,8H2,1-2H3/t10-/m1/s1. The van der Waals surface area contributed by atoms with E-state index in [1.165, 1.54) is 17.3 Å². The zero-order valence-electron chi connectivity index (χ0n) is 10.9. The van der Waals surface area contributed by atoms with Crippen LogP contribution in [-0.2, 0) is 9.53 Å². The maximum absolute atomic E-state index is 11.9. The molecule has 1 aromatic heterocycles. The molecule has 1 aliphatic heterocycles. The van der Waals surface area contributed by atoms with E-state index in [2.05, 4.69) is 9.97 Å². The van der Waals surface area contributed by atoms with Gasteiger partial charge in [-0.05, 0) is 0 Å². The Morgan fingerprint density at radius 3 is 2.95 bits per heavy atom. The first kappa shape index (κ1) is 13.2. The fourth-order valence-electron chi connectivity index (χ4n) is 1.92. The summed E-state index contributed by atoms with van der Waals surface area (Å²) in [6.45, 7) is 1.39. The van der Waals surface area contributed by atoms with Gasteiger partial charge in [0.2, 0.25) is 0 Å². The number of carbonyl (C=O) groups excluding carboxylic acids is 1. The van der Waals surface area contributed by atoms with Crippen molar-refractivity contribution in [3.05, 3.63) is 18.1 Å². The van der Waals surface area contributed by atoms with Gasteiger partial charge >= 0.3 is 0 Å². The average Bonchev–Trinajstić information content (AvgIpc) is 2.46. The summed E-state index contributed by atoms with van der Waals surface area (Å²) >= 11 is 0. The number of hydrogen-bond acceptors (Lipinski definition) is 6. The molecule has 0 bridgehead atoms. The van der Waals surface area contributed by atoms with Crippen LogP contribution in [0.2, 0.25) is 0 Å². The molecule has 2 heterocycles. The lowest BCUT2D eigenvalue weighted by molar-refractivity contribution is -0.141. The molecule has 1 aliphatic rings. The van der Waals surface area contributed by atoms with Crippen LogP contribution in [0.4, 0.5) is 5.82 Å². The first-order chi connectivity index (χ1) is 9.13. The summed E-state index contributed by atoms with van der Waals surface area (Å²) in [5.41, 5.74) is 0.264. The Morgan fingerprint density at radius 1 is 1.53 bits per heavy atom. The van der Waals surface area contributed by atoms with Crippen LogP contribution in [0, 0.1) is 11.3 Å². The second-order valence-electron chi connectivity index (χ2n) is 4.38. The number of likely N-dealkylation sites (N-methyl/N-ethyl adjacent to an activating group) is 1. The molecule has 0 aliphatic carbocycles. The quantitative estimate of drug-likeness (QED) is 0.723. The number of carbonyl (C=O) groups is 1. The Morgan fingerprint density at radius 2 is 2.26 bits per heavy atom. The molecule has 7 heteroatoms. The van der Waals surface area contributed by atoms with Crippen molar-refractivity contribution >= 4 is 11.7 Å². The maximum atomic E-state index is 11.9. The Labute approximate surface area is 111 Å². The minimum Gasteiger partial charge on any atom is -0.365 e. The van der Waals surface area contributed by atoms with E-state index >= 15 is 0 Å². The van der Waals surface area contributed by atoms with Crippen LogP contribution in [0.5, 0.6) is 0 Å². The number of ether oxygens (including phenoxy) is 1. The predicted octanol–water partition coefficient (Wildman–Crippen LogP) is -0.358. The smallest absolute Gasteiger partial charge is 0.253 e. The number of aromatic nitrogens is 2. The van der Waals surface area contributed by atoms with Crippen LogP contribution < -0.4 is 4.90 Å². The van der Waals surface area contributed by atoms with E-state index < -0.39 is 6.10 Å². The number of nitrogens with zero attached hydrogens (tertiary/aromatic N) is 5. The molecule has 1 aromatic rings. The molecule has 0 unspecified atom stereocenters. The molecule has 1 amide bonds. The van der Waals surface area contributed by atoms with Crippen LogP contribution in [0.25, 0.3) is 0 Å².